The Hall–Kier alpha value is -1.94. The zero-order valence-corrected chi connectivity index (χ0v) is 19.4. The lowest BCUT2D eigenvalue weighted by atomic mass is 9.82. The molecular formula is C23H29ClN2O3S. The minimum absolute atomic E-state index is 0.145. The molecular weight excluding hydrogens is 420 g/mol. The van der Waals surface area contributed by atoms with Gasteiger partial charge in [-0.05, 0) is 30.7 Å². The van der Waals surface area contributed by atoms with Gasteiger partial charge in [0.05, 0.1) is 34.8 Å². The average molecular weight is 449 g/mol. The SMILES string of the molecule is CCCCCCSC1=C(C#N)[C@@H](c2ccccc2Cl)C(C(=O)OCCOC)=C(C)N1. The summed E-state index contributed by atoms with van der Waals surface area (Å²) in [5.74, 6) is -0.135. The number of methoxy groups -OCH3 is 1. The van der Waals surface area contributed by atoms with Crippen LogP contribution < -0.4 is 5.32 Å². The maximum atomic E-state index is 12.9. The highest BCUT2D eigenvalue weighted by Gasteiger charge is 2.36. The van der Waals surface area contributed by atoms with E-state index in [-0.39, 0.29) is 6.61 Å². The topological polar surface area (TPSA) is 71.4 Å². The predicted molar refractivity (Wildman–Crippen MR) is 122 cm³/mol. The van der Waals surface area contributed by atoms with Crippen molar-refractivity contribution < 1.29 is 14.3 Å². The lowest BCUT2D eigenvalue weighted by Crippen LogP contribution is -2.29. The fourth-order valence-corrected chi connectivity index (χ4v) is 4.66. The number of ether oxygens (including phenoxy) is 2. The monoisotopic (exact) mass is 448 g/mol. The summed E-state index contributed by atoms with van der Waals surface area (Å²) < 4.78 is 10.4. The Morgan fingerprint density at radius 2 is 2.03 bits per heavy atom. The number of rotatable bonds is 11. The molecule has 1 heterocycles. The van der Waals surface area contributed by atoms with Crippen LogP contribution in [0.4, 0.5) is 0 Å². The molecule has 0 aromatic heterocycles. The molecule has 1 aromatic carbocycles. The third-order valence-electron chi connectivity index (χ3n) is 4.85. The standard InChI is InChI=1S/C23H29ClN2O3S/c1-4-5-6-9-14-30-22-18(15-25)21(17-10-7-8-11-19(17)24)20(16(2)26-22)23(27)29-13-12-28-3/h7-8,10-11,21,26H,4-6,9,12-14H2,1-3H3/t21-/m1/s1. The zero-order valence-electron chi connectivity index (χ0n) is 17.8. The molecule has 0 bridgehead atoms. The molecule has 162 valence electrons. The zero-order chi connectivity index (χ0) is 21.9. The summed E-state index contributed by atoms with van der Waals surface area (Å²) in [4.78, 5) is 12.9. The number of hydrogen-bond acceptors (Lipinski definition) is 6. The second-order valence-corrected chi connectivity index (χ2v) is 8.52. The van der Waals surface area contributed by atoms with Gasteiger partial charge in [0.2, 0.25) is 0 Å². The minimum Gasteiger partial charge on any atom is -0.460 e. The summed E-state index contributed by atoms with van der Waals surface area (Å²) in [6.07, 6.45) is 4.63. The van der Waals surface area contributed by atoms with E-state index in [0.717, 1.165) is 22.8 Å². The molecule has 0 radical (unpaired) electrons. The van der Waals surface area contributed by atoms with Gasteiger partial charge in [-0.3, -0.25) is 0 Å². The van der Waals surface area contributed by atoms with E-state index in [1.807, 2.05) is 25.1 Å². The number of hydrogen-bond donors (Lipinski definition) is 1. The second kappa shape index (κ2) is 12.7. The predicted octanol–water partition coefficient (Wildman–Crippen LogP) is 5.54. The smallest absolute Gasteiger partial charge is 0.336 e. The van der Waals surface area contributed by atoms with Crippen LogP contribution in [0.15, 0.2) is 46.1 Å². The second-order valence-electron chi connectivity index (χ2n) is 7.01. The maximum absolute atomic E-state index is 12.9. The Kier molecular flexibility index (Phi) is 10.3. The first-order valence-corrected chi connectivity index (χ1v) is 11.6. The Morgan fingerprint density at radius 1 is 1.27 bits per heavy atom. The Balaban J connectivity index is 2.39. The molecule has 1 aliphatic rings. The molecule has 1 aromatic rings. The molecule has 0 fully saturated rings. The van der Waals surface area contributed by atoms with Gasteiger partial charge >= 0.3 is 5.97 Å². The van der Waals surface area contributed by atoms with Gasteiger partial charge in [0.15, 0.2) is 0 Å². The number of carbonyl (C=O) groups excluding carboxylic acids is 1. The molecule has 1 atom stereocenters. The first-order valence-electron chi connectivity index (χ1n) is 10.2. The maximum Gasteiger partial charge on any atom is 0.336 e. The summed E-state index contributed by atoms with van der Waals surface area (Å²) in [7, 11) is 1.55. The van der Waals surface area contributed by atoms with E-state index in [1.54, 1.807) is 24.9 Å². The largest absolute Gasteiger partial charge is 0.460 e. The number of carbonyl (C=O) groups is 1. The van der Waals surface area contributed by atoms with E-state index < -0.39 is 11.9 Å². The Bertz CT molecular complexity index is 845. The lowest BCUT2D eigenvalue weighted by Gasteiger charge is -2.29. The number of nitrogens with zero attached hydrogens (tertiary/aromatic N) is 1. The number of nitrogens with one attached hydrogen (secondary N) is 1. The summed E-state index contributed by atoms with van der Waals surface area (Å²) in [5, 5.41) is 14.6. The summed E-state index contributed by atoms with van der Waals surface area (Å²) in [6, 6.07) is 9.65. The van der Waals surface area contributed by atoms with E-state index in [9.17, 15) is 10.1 Å². The summed E-state index contributed by atoms with van der Waals surface area (Å²) >= 11 is 8.10. The van der Waals surface area contributed by atoms with Crippen LogP contribution in [0.3, 0.4) is 0 Å². The number of allylic oxidation sites excluding steroid dienone is 2. The van der Waals surface area contributed by atoms with Gasteiger partial charge in [0.25, 0.3) is 0 Å². The average Bonchev–Trinajstić information content (AvgIpc) is 2.73. The van der Waals surface area contributed by atoms with Crippen LogP contribution in [0, 0.1) is 11.3 Å². The molecule has 0 unspecified atom stereocenters. The molecule has 2 rings (SSSR count). The van der Waals surface area contributed by atoms with Crippen LogP contribution in [0.5, 0.6) is 0 Å². The van der Waals surface area contributed by atoms with E-state index in [4.69, 9.17) is 21.1 Å². The fourth-order valence-electron chi connectivity index (χ4n) is 3.32. The number of nitriles is 1. The summed E-state index contributed by atoms with van der Waals surface area (Å²) in [6.45, 7) is 4.47. The van der Waals surface area contributed by atoms with Gasteiger partial charge in [-0.2, -0.15) is 5.26 Å². The number of dihydropyridines is 1. The molecule has 0 spiro atoms. The molecule has 0 saturated carbocycles. The van der Waals surface area contributed by atoms with E-state index >= 15 is 0 Å². The van der Waals surface area contributed by atoms with Gasteiger partial charge in [0, 0.05) is 17.8 Å². The Morgan fingerprint density at radius 3 is 2.70 bits per heavy atom. The van der Waals surface area contributed by atoms with Gasteiger partial charge < -0.3 is 14.8 Å². The van der Waals surface area contributed by atoms with Crippen LogP contribution >= 0.6 is 23.4 Å². The first-order chi connectivity index (χ1) is 14.5. The number of halogens is 1. The molecule has 30 heavy (non-hydrogen) atoms. The van der Waals surface area contributed by atoms with Crippen molar-refractivity contribution in [3.8, 4) is 6.07 Å². The van der Waals surface area contributed by atoms with Gasteiger partial charge in [-0.15, -0.1) is 11.8 Å². The third kappa shape index (κ3) is 6.28. The molecule has 0 saturated heterocycles. The molecule has 5 nitrogen and oxygen atoms in total. The third-order valence-corrected chi connectivity index (χ3v) is 6.30. The van der Waals surface area contributed by atoms with Crippen molar-refractivity contribution in [2.75, 3.05) is 26.1 Å². The van der Waals surface area contributed by atoms with Crippen molar-refractivity contribution in [2.45, 2.75) is 45.4 Å². The van der Waals surface area contributed by atoms with Crippen LogP contribution in [-0.2, 0) is 14.3 Å². The van der Waals surface area contributed by atoms with Gasteiger partial charge in [-0.25, -0.2) is 4.79 Å². The van der Waals surface area contributed by atoms with Crippen molar-refractivity contribution in [3.63, 3.8) is 0 Å². The van der Waals surface area contributed by atoms with Gasteiger partial charge in [0.1, 0.15) is 6.61 Å². The van der Waals surface area contributed by atoms with Crippen molar-refractivity contribution in [1.29, 1.82) is 5.26 Å². The lowest BCUT2D eigenvalue weighted by molar-refractivity contribution is -0.140. The molecule has 0 aliphatic carbocycles. The van der Waals surface area contributed by atoms with Crippen molar-refractivity contribution >= 4 is 29.3 Å². The quantitative estimate of drug-likeness (QED) is 0.354. The van der Waals surface area contributed by atoms with Crippen molar-refractivity contribution in [1.82, 2.24) is 5.32 Å². The highest BCUT2D eigenvalue weighted by molar-refractivity contribution is 8.03. The Labute approximate surface area is 188 Å². The number of unbranched alkanes of at least 4 members (excludes halogenated alkanes) is 3. The summed E-state index contributed by atoms with van der Waals surface area (Å²) in [5.41, 5.74) is 2.30. The number of benzene rings is 1. The highest BCUT2D eigenvalue weighted by Crippen LogP contribution is 2.43. The fraction of sp³-hybridized carbons (Fsp3) is 0.478. The number of esters is 1. The molecule has 1 aliphatic heterocycles. The van der Waals surface area contributed by atoms with Crippen LogP contribution in [-0.4, -0.2) is 32.0 Å². The molecule has 7 heteroatoms. The van der Waals surface area contributed by atoms with E-state index in [1.165, 1.54) is 19.3 Å². The molecule has 0 amide bonds. The normalized spacial score (nSPS) is 16.3. The van der Waals surface area contributed by atoms with Crippen molar-refractivity contribution in [2.24, 2.45) is 0 Å². The van der Waals surface area contributed by atoms with Crippen molar-refractivity contribution in [3.05, 3.63) is 56.7 Å². The van der Waals surface area contributed by atoms with Crippen LogP contribution in [0.1, 0.15) is 51.0 Å². The minimum atomic E-state index is -0.571. The van der Waals surface area contributed by atoms with E-state index in [2.05, 4.69) is 18.3 Å². The highest BCUT2D eigenvalue weighted by atomic mass is 35.5. The number of thioether (sulfide) groups is 1. The van der Waals surface area contributed by atoms with Gasteiger partial charge in [-0.1, -0.05) is 56.0 Å². The molecule has 1 N–H and O–H groups in total. The first kappa shape index (κ1) is 24.3. The van der Waals surface area contributed by atoms with E-state index in [0.29, 0.717) is 28.5 Å². The van der Waals surface area contributed by atoms with Crippen LogP contribution in [0.25, 0.3) is 0 Å². The van der Waals surface area contributed by atoms with Crippen LogP contribution in [0.2, 0.25) is 5.02 Å².